The van der Waals surface area contributed by atoms with E-state index in [1.807, 2.05) is 0 Å². The first-order valence-electron chi connectivity index (χ1n) is 7.76. The van der Waals surface area contributed by atoms with Crippen molar-refractivity contribution in [1.29, 1.82) is 0 Å². The molecule has 156 valence electrons. The van der Waals surface area contributed by atoms with Gasteiger partial charge in [-0.15, -0.1) is 0 Å². The molecule has 11 heteroatoms. The summed E-state index contributed by atoms with van der Waals surface area (Å²) in [6.45, 7) is 1.79. The number of carbonyl (C=O) groups excluding carboxylic acids is 3. The average molecular weight is 407 g/mol. The number of amides is 1. The highest BCUT2D eigenvalue weighted by Crippen LogP contribution is 2.44. The Morgan fingerprint density at radius 3 is 2.07 bits per heavy atom. The number of carbonyl (C=O) groups is 3. The summed E-state index contributed by atoms with van der Waals surface area (Å²) in [6, 6.07) is 1.85. The highest BCUT2D eigenvalue weighted by Gasteiger charge is 2.62. The first-order chi connectivity index (χ1) is 12.8. The fourth-order valence-electron chi connectivity index (χ4n) is 2.52. The molecule has 0 saturated heterocycles. The van der Waals surface area contributed by atoms with Gasteiger partial charge in [-0.3, -0.25) is 14.5 Å². The summed E-state index contributed by atoms with van der Waals surface area (Å²) in [4.78, 5) is 36.2. The van der Waals surface area contributed by atoms with Crippen LogP contribution in [-0.2, 0) is 29.5 Å². The van der Waals surface area contributed by atoms with Gasteiger partial charge in [0.2, 0.25) is 5.91 Å². The van der Waals surface area contributed by atoms with Crippen LogP contribution in [0.3, 0.4) is 0 Å². The van der Waals surface area contributed by atoms with Crippen LogP contribution in [0.5, 0.6) is 5.75 Å². The molecule has 1 rings (SSSR count). The second-order valence-corrected chi connectivity index (χ2v) is 5.72. The molecule has 0 aliphatic carbocycles. The molecule has 1 N–H and O–H groups in total. The summed E-state index contributed by atoms with van der Waals surface area (Å²) in [5, 5.41) is 10.2. The minimum absolute atomic E-state index is 0.0453. The third-order valence-electron chi connectivity index (χ3n) is 3.99. The molecule has 1 aromatic rings. The van der Waals surface area contributed by atoms with Gasteiger partial charge < -0.3 is 19.3 Å². The number of esters is 2. The molecule has 1 aromatic carbocycles. The van der Waals surface area contributed by atoms with Gasteiger partial charge in [0.1, 0.15) is 12.3 Å². The zero-order chi connectivity index (χ0) is 21.9. The van der Waals surface area contributed by atoms with Crippen molar-refractivity contribution in [2.24, 2.45) is 0 Å². The third kappa shape index (κ3) is 4.19. The average Bonchev–Trinajstić information content (AvgIpc) is 2.62. The molecule has 1 atom stereocenters. The first kappa shape index (κ1) is 23.2. The minimum Gasteiger partial charge on any atom is -0.495 e. The predicted molar refractivity (Wildman–Crippen MR) is 89.7 cm³/mol. The zero-order valence-corrected chi connectivity index (χ0v) is 15.8. The SMILES string of the molecule is COC(=O)CN(C(C)=O)c1cc(C)c([C@](O)(C(=O)OC)C(F)(F)F)cc1OC. The van der Waals surface area contributed by atoms with Gasteiger partial charge in [-0.05, 0) is 24.6 Å². The minimum atomic E-state index is -5.40. The van der Waals surface area contributed by atoms with E-state index in [2.05, 4.69) is 9.47 Å². The summed E-state index contributed by atoms with van der Waals surface area (Å²) in [6.07, 6.45) is -5.40. The molecule has 0 unspecified atom stereocenters. The van der Waals surface area contributed by atoms with E-state index in [1.54, 1.807) is 0 Å². The lowest BCUT2D eigenvalue weighted by Crippen LogP contribution is -2.50. The smallest absolute Gasteiger partial charge is 0.432 e. The molecule has 0 spiro atoms. The molecule has 0 aromatic heterocycles. The number of anilines is 1. The number of methoxy groups -OCH3 is 3. The Morgan fingerprint density at radius 1 is 1.11 bits per heavy atom. The van der Waals surface area contributed by atoms with Gasteiger partial charge in [0.15, 0.2) is 0 Å². The van der Waals surface area contributed by atoms with Gasteiger partial charge in [-0.25, -0.2) is 4.79 Å². The van der Waals surface area contributed by atoms with Gasteiger partial charge >= 0.3 is 18.1 Å². The van der Waals surface area contributed by atoms with Crippen LogP contribution in [0.4, 0.5) is 18.9 Å². The van der Waals surface area contributed by atoms with E-state index < -0.39 is 41.7 Å². The largest absolute Gasteiger partial charge is 0.495 e. The lowest BCUT2D eigenvalue weighted by Gasteiger charge is -2.31. The molecule has 0 saturated carbocycles. The summed E-state index contributed by atoms with van der Waals surface area (Å²) in [7, 11) is 2.92. The maximum atomic E-state index is 13.5. The van der Waals surface area contributed by atoms with Crippen molar-refractivity contribution >= 4 is 23.5 Å². The normalized spacial score (nSPS) is 13.3. The maximum Gasteiger partial charge on any atom is 0.432 e. The maximum absolute atomic E-state index is 13.5. The quantitative estimate of drug-likeness (QED) is 0.712. The van der Waals surface area contributed by atoms with Gasteiger partial charge in [-0.2, -0.15) is 13.2 Å². The van der Waals surface area contributed by atoms with Crippen LogP contribution < -0.4 is 9.64 Å². The van der Waals surface area contributed by atoms with Crippen molar-refractivity contribution in [3.8, 4) is 5.75 Å². The Morgan fingerprint density at radius 2 is 1.68 bits per heavy atom. The molecule has 0 radical (unpaired) electrons. The molecule has 0 aliphatic heterocycles. The molecule has 28 heavy (non-hydrogen) atoms. The Labute approximate surface area is 158 Å². The van der Waals surface area contributed by atoms with E-state index in [1.165, 1.54) is 6.92 Å². The first-order valence-corrected chi connectivity index (χ1v) is 7.76. The lowest BCUT2D eigenvalue weighted by molar-refractivity contribution is -0.267. The molecule has 1 amide bonds. The van der Waals surface area contributed by atoms with Gasteiger partial charge in [0.05, 0.1) is 27.0 Å². The summed E-state index contributed by atoms with van der Waals surface area (Å²) < 4.78 is 54.3. The fourth-order valence-corrected chi connectivity index (χ4v) is 2.52. The number of nitrogens with zero attached hydrogens (tertiary/aromatic N) is 1. The second kappa shape index (κ2) is 8.46. The van der Waals surface area contributed by atoms with E-state index >= 15 is 0 Å². The molecule has 0 aliphatic rings. The van der Waals surface area contributed by atoms with Crippen molar-refractivity contribution in [3.63, 3.8) is 0 Å². The Kier molecular flexibility index (Phi) is 7.02. The van der Waals surface area contributed by atoms with Crippen LogP contribution in [0.25, 0.3) is 0 Å². The van der Waals surface area contributed by atoms with Gasteiger partial charge in [0, 0.05) is 12.5 Å². The number of aliphatic hydroxyl groups is 1. The number of ether oxygens (including phenoxy) is 3. The van der Waals surface area contributed by atoms with Crippen LogP contribution in [0, 0.1) is 6.92 Å². The summed E-state index contributed by atoms with van der Waals surface area (Å²) in [5.74, 6) is -3.61. The van der Waals surface area contributed by atoms with Crippen molar-refractivity contribution in [3.05, 3.63) is 23.3 Å². The van der Waals surface area contributed by atoms with E-state index in [9.17, 15) is 32.7 Å². The van der Waals surface area contributed by atoms with Crippen LogP contribution in [0.15, 0.2) is 12.1 Å². The second-order valence-electron chi connectivity index (χ2n) is 5.72. The summed E-state index contributed by atoms with van der Waals surface area (Å²) in [5.41, 5.74) is -5.04. The molecular formula is C17H20F3NO7. The van der Waals surface area contributed by atoms with E-state index in [0.717, 1.165) is 38.2 Å². The van der Waals surface area contributed by atoms with Crippen LogP contribution >= 0.6 is 0 Å². The van der Waals surface area contributed by atoms with E-state index in [-0.39, 0.29) is 17.0 Å². The molecule has 8 nitrogen and oxygen atoms in total. The number of alkyl halides is 3. The van der Waals surface area contributed by atoms with Gasteiger partial charge in [-0.1, -0.05) is 0 Å². The van der Waals surface area contributed by atoms with E-state index in [0.29, 0.717) is 7.11 Å². The van der Waals surface area contributed by atoms with Crippen LogP contribution in [0.2, 0.25) is 0 Å². The number of hydrogen-bond acceptors (Lipinski definition) is 7. The van der Waals surface area contributed by atoms with Crippen LogP contribution in [0.1, 0.15) is 18.1 Å². The summed E-state index contributed by atoms with van der Waals surface area (Å²) >= 11 is 0. The Balaban J connectivity index is 3.71. The topological polar surface area (TPSA) is 102 Å². The highest BCUT2D eigenvalue weighted by atomic mass is 19.4. The third-order valence-corrected chi connectivity index (χ3v) is 3.99. The molecule has 0 bridgehead atoms. The number of benzene rings is 1. The Hall–Kier alpha value is -2.82. The van der Waals surface area contributed by atoms with Crippen molar-refractivity contribution in [2.45, 2.75) is 25.6 Å². The number of hydrogen-bond donors (Lipinski definition) is 1. The van der Waals surface area contributed by atoms with Gasteiger partial charge in [0.25, 0.3) is 5.60 Å². The predicted octanol–water partition coefficient (Wildman–Crippen LogP) is 1.45. The number of halogens is 3. The van der Waals surface area contributed by atoms with Crippen molar-refractivity contribution in [2.75, 3.05) is 32.8 Å². The fraction of sp³-hybridized carbons (Fsp3) is 0.471. The molecular weight excluding hydrogens is 387 g/mol. The monoisotopic (exact) mass is 407 g/mol. The standard InChI is InChI=1S/C17H20F3NO7/c1-9-6-12(21(10(2)22)8-14(23)27-4)13(26-3)7-11(9)16(25,15(24)28-5)17(18,19)20/h6-7,25H,8H2,1-5H3/t16-/m0/s1. The zero-order valence-electron chi connectivity index (χ0n) is 15.8. The molecule has 0 heterocycles. The van der Waals surface area contributed by atoms with Crippen molar-refractivity contribution < 1.29 is 46.9 Å². The Bertz CT molecular complexity index is 779. The lowest BCUT2D eigenvalue weighted by atomic mass is 9.88. The number of aryl methyl sites for hydroxylation is 1. The van der Waals surface area contributed by atoms with E-state index in [4.69, 9.17) is 4.74 Å². The van der Waals surface area contributed by atoms with Crippen LogP contribution in [-0.4, -0.2) is 57.0 Å². The highest BCUT2D eigenvalue weighted by molar-refractivity contribution is 5.98. The number of rotatable bonds is 6. The molecule has 0 fully saturated rings. The van der Waals surface area contributed by atoms with Crippen molar-refractivity contribution in [1.82, 2.24) is 0 Å².